The molecule has 1 fully saturated rings. The first-order valence-corrected chi connectivity index (χ1v) is 8.33. The first-order valence-electron chi connectivity index (χ1n) is 7.54. The summed E-state index contributed by atoms with van der Waals surface area (Å²) in [5.74, 6) is -0.000892. The van der Waals surface area contributed by atoms with Crippen molar-refractivity contribution in [1.29, 1.82) is 0 Å². The molecular formula is C18H19BrN2O. The summed E-state index contributed by atoms with van der Waals surface area (Å²) >= 11 is 3.43. The highest BCUT2D eigenvalue weighted by Crippen LogP contribution is 2.18. The summed E-state index contributed by atoms with van der Waals surface area (Å²) in [7, 11) is 0. The monoisotopic (exact) mass is 358 g/mol. The van der Waals surface area contributed by atoms with Crippen molar-refractivity contribution in [2.75, 3.05) is 13.1 Å². The summed E-state index contributed by atoms with van der Waals surface area (Å²) in [6.07, 6.45) is 1.00. The summed E-state index contributed by atoms with van der Waals surface area (Å²) in [5, 5.41) is 3.14. The number of hydrogen-bond donors (Lipinski definition) is 1. The summed E-state index contributed by atoms with van der Waals surface area (Å²) in [6.45, 7) is 2.88. The minimum absolute atomic E-state index is 0.000892. The van der Waals surface area contributed by atoms with Crippen LogP contribution in [0.4, 0.5) is 0 Å². The highest BCUT2D eigenvalue weighted by atomic mass is 79.9. The van der Waals surface area contributed by atoms with Crippen LogP contribution in [0.25, 0.3) is 0 Å². The van der Waals surface area contributed by atoms with Crippen molar-refractivity contribution in [3.8, 4) is 0 Å². The Morgan fingerprint density at radius 1 is 1.14 bits per heavy atom. The van der Waals surface area contributed by atoms with Gasteiger partial charge in [-0.25, -0.2) is 0 Å². The van der Waals surface area contributed by atoms with Crippen LogP contribution < -0.4 is 5.32 Å². The molecule has 3 nitrogen and oxygen atoms in total. The molecule has 2 aromatic carbocycles. The Kier molecular flexibility index (Phi) is 4.90. The highest BCUT2D eigenvalue weighted by Gasteiger charge is 2.24. The Balaban J connectivity index is 1.55. The van der Waals surface area contributed by atoms with Gasteiger partial charge in [0.05, 0.1) is 5.56 Å². The van der Waals surface area contributed by atoms with E-state index in [9.17, 15) is 4.79 Å². The van der Waals surface area contributed by atoms with Crippen LogP contribution in [0.5, 0.6) is 0 Å². The maximum Gasteiger partial charge on any atom is 0.252 e. The van der Waals surface area contributed by atoms with Gasteiger partial charge in [-0.15, -0.1) is 0 Å². The molecule has 0 radical (unpaired) electrons. The summed E-state index contributed by atoms with van der Waals surface area (Å²) in [4.78, 5) is 14.7. The minimum Gasteiger partial charge on any atom is -0.348 e. The van der Waals surface area contributed by atoms with Crippen molar-refractivity contribution >= 4 is 21.8 Å². The van der Waals surface area contributed by atoms with Crippen LogP contribution in [0.3, 0.4) is 0 Å². The number of likely N-dealkylation sites (tertiary alicyclic amines) is 1. The van der Waals surface area contributed by atoms with Crippen molar-refractivity contribution in [3.05, 3.63) is 70.2 Å². The molecule has 1 unspecified atom stereocenters. The van der Waals surface area contributed by atoms with E-state index in [0.717, 1.165) is 30.5 Å². The second-order valence-electron chi connectivity index (χ2n) is 5.66. The molecule has 1 aliphatic rings. The molecule has 1 heterocycles. The van der Waals surface area contributed by atoms with Gasteiger partial charge in [-0.3, -0.25) is 9.69 Å². The Morgan fingerprint density at radius 2 is 1.86 bits per heavy atom. The maximum atomic E-state index is 12.3. The normalized spacial score (nSPS) is 18.3. The van der Waals surface area contributed by atoms with Crippen LogP contribution in [0.2, 0.25) is 0 Å². The first kappa shape index (κ1) is 15.3. The Morgan fingerprint density at radius 3 is 2.64 bits per heavy atom. The van der Waals surface area contributed by atoms with Gasteiger partial charge >= 0.3 is 0 Å². The van der Waals surface area contributed by atoms with Crippen LogP contribution >= 0.6 is 15.9 Å². The molecular weight excluding hydrogens is 340 g/mol. The van der Waals surface area contributed by atoms with Gasteiger partial charge in [0.25, 0.3) is 5.91 Å². The van der Waals surface area contributed by atoms with Crippen LogP contribution in [-0.4, -0.2) is 29.9 Å². The third-order valence-electron chi connectivity index (χ3n) is 3.98. The van der Waals surface area contributed by atoms with Gasteiger partial charge < -0.3 is 5.32 Å². The molecule has 1 aliphatic heterocycles. The molecule has 2 aromatic rings. The standard InChI is InChI=1S/C18H19BrN2O/c19-17-9-5-4-8-16(17)18(22)20-15-10-11-21(13-15)12-14-6-2-1-3-7-14/h1-9,15H,10-13H2,(H,20,22). The summed E-state index contributed by atoms with van der Waals surface area (Å²) < 4.78 is 0.839. The maximum absolute atomic E-state index is 12.3. The van der Waals surface area contributed by atoms with E-state index in [0.29, 0.717) is 5.56 Å². The van der Waals surface area contributed by atoms with Gasteiger partial charge in [0, 0.05) is 30.1 Å². The molecule has 0 aliphatic carbocycles. The van der Waals surface area contributed by atoms with E-state index in [4.69, 9.17) is 0 Å². The van der Waals surface area contributed by atoms with E-state index in [2.05, 4.69) is 50.4 Å². The smallest absolute Gasteiger partial charge is 0.252 e. The van der Waals surface area contributed by atoms with Gasteiger partial charge in [-0.2, -0.15) is 0 Å². The molecule has 114 valence electrons. The summed E-state index contributed by atoms with van der Waals surface area (Å²) in [6, 6.07) is 18.2. The summed E-state index contributed by atoms with van der Waals surface area (Å²) in [5.41, 5.74) is 2.02. The molecule has 1 N–H and O–H groups in total. The van der Waals surface area contributed by atoms with E-state index in [1.807, 2.05) is 30.3 Å². The van der Waals surface area contributed by atoms with Gasteiger partial charge in [-0.1, -0.05) is 42.5 Å². The molecule has 3 rings (SSSR count). The zero-order valence-electron chi connectivity index (χ0n) is 12.3. The van der Waals surface area contributed by atoms with Crippen LogP contribution in [0.15, 0.2) is 59.1 Å². The van der Waals surface area contributed by atoms with Crippen molar-refractivity contribution < 1.29 is 4.79 Å². The van der Waals surface area contributed by atoms with E-state index in [1.165, 1.54) is 5.56 Å². The molecule has 0 spiro atoms. The van der Waals surface area contributed by atoms with E-state index in [1.54, 1.807) is 0 Å². The highest BCUT2D eigenvalue weighted by molar-refractivity contribution is 9.10. The average Bonchev–Trinajstić information content (AvgIpc) is 2.95. The van der Waals surface area contributed by atoms with Gasteiger partial charge in [0.1, 0.15) is 0 Å². The van der Waals surface area contributed by atoms with Crippen molar-refractivity contribution in [1.82, 2.24) is 10.2 Å². The van der Waals surface area contributed by atoms with Gasteiger partial charge in [0.2, 0.25) is 0 Å². The number of halogens is 1. The number of nitrogens with one attached hydrogen (secondary N) is 1. The number of carbonyl (C=O) groups is 1. The third-order valence-corrected chi connectivity index (χ3v) is 4.67. The second-order valence-corrected chi connectivity index (χ2v) is 6.51. The molecule has 1 atom stereocenters. The number of carbonyl (C=O) groups excluding carboxylic acids is 1. The molecule has 1 amide bonds. The third kappa shape index (κ3) is 3.76. The number of nitrogens with zero attached hydrogens (tertiary/aromatic N) is 1. The van der Waals surface area contributed by atoms with Crippen molar-refractivity contribution in [3.63, 3.8) is 0 Å². The number of rotatable bonds is 4. The SMILES string of the molecule is O=C(NC1CCN(Cc2ccccc2)C1)c1ccccc1Br. The predicted octanol–water partition coefficient (Wildman–Crippen LogP) is 3.45. The van der Waals surface area contributed by atoms with Gasteiger partial charge in [0.15, 0.2) is 0 Å². The Bertz CT molecular complexity index is 645. The zero-order chi connectivity index (χ0) is 15.4. The van der Waals surface area contributed by atoms with Crippen molar-refractivity contribution in [2.45, 2.75) is 19.0 Å². The lowest BCUT2D eigenvalue weighted by atomic mass is 10.2. The largest absolute Gasteiger partial charge is 0.348 e. The van der Waals surface area contributed by atoms with E-state index in [-0.39, 0.29) is 11.9 Å². The quantitative estimate of drug-likeness (QED) is 0.907. The Hall–Kier alpha value is -1.65. The first-order chi connectivity index (χ1) is 10.7. The fraction of sp³-hybridized carbons (Fsp3) is 0.278. The fourth-order valence-electron chi connectivity index (χ4n) is 2.84. The number of benzene rings is 2. The lowest BCUT2D eigenvalue weighted by Crippen LogP contribution is -2.37. The van der Waals surface area contributed by atoms with Crippen LogP contribution in [-0.2, 0) is 6.54 Å². The molecule has 0 bridgehead atoms. The average molecular weight is 359 g/mol. The predicted molar refractivity (Wildman–Crippen MR) is 91.7 cm³/mol. The van der Waals surface area contributed by atoms with Crippen LogP contribution in [0.1, 0.15) is 22.3 Å². The molecule has 0 aromatic heterocycles. The van der Waals surface area contributed by atoms with Crippen molar-refractivity contribution in [2.24, 2.45) is 0 Å². The number of amides is 1. The zero-order valence-corrected chi connectivity index (χ0v) is 13.9. The number of hydrogen-bond acceptors (Lipinski definition) is 2. The molecule has 4 heteroatoms. The van der Waals surface area contributed by atoms with E-state index < -0.39 is 0 Å². The fourth-order valence-corrected chi connectivity index (χ4v) is 3.31. The van der Waals surface area contributed by atoms with E-state index >= 15 is 0 Å². The lowest BCUT2D eigenvalue weighted by Gasteiger charge is -2.17. The van der Waals surface area contributed by atoms with Gasteiger partial charge in [-0.05, 0) is 40.0 Å². The molecule has 1 saturated heterocycles. The molecule has 0 saturated carbocycles. The second kappa shape index (κ2) is 7.07. The molecule has 22 heavy (non-hydrogen) atoms. The van der Waals surface area contributed by atoms with Crippen LogP contribution in [0, 0.1) is 0 Å². The minimum atomic E-state index is -0.000892. The lowest BCUT2D eigenvalue weighted by molar-refractivity contribution is 0.0937. The Labute approximate surface area is 139 Å². The topological polar surface area (TPSA) is 32.3 Å².